The van der Waals surface area contributed by atoms with Gasteiger partial charge in [-0.1, -0.05) is 30.3 Å². The standard InChI is InChI=1S/C25H21N5O2/c1-17-23(25(32)30(28(17)2)20-8-4-3-5-9-20)27-24(31)18-12-14-19(15-13-18)29-16-26-21-10-6-7-11-22(21)29/h3-16H,1-2H3,(H,27,31). The highest BCUT2D eigenvalue weighted by molar-refractivity contribution is 6.04. The molecular weight excluding hydrogens is 402 g/mol. The van der Waals surface area contributed by atoms with E-state index >= 15 is 0 Å². The van der Waals surface area contributed by atoms with Crippen LogP contribution in [0.4, 0.5) is 5.69 Å². The van der Waals surface area contributed by atoms with Gasteiger partial charge in [0.25, 0.3) is 11.5 Å². The van der Waals surface area contributed by atoms with Gasteiger partial charge in [0.2, 0.25) is 0 Å². The second kappa shape index (κ2) is 7.70. The van der Waals surface area contributed by atoms with Crippen LogP contribution in [0.1, 0.15) is 16.1 Å². The van der Waals surface area contributed by atoms with Crippen LogP contribution in [0, 0.1) is 6.92 Å². The summed E-state index contributed by atoms with van der Waals surface area (Å²) in [4.78, 5) is 30.3. The number of aromatic nitrogens is 4. The third-order valence-electron chi connectivity index (χ3n) is 5.65. The lowest BCUT2D eigenvalue weighted by atomic mass is 10.2. The molecule has 2 aromatic heterocycles. The first-order valence-corrected chi connectivity index (χ1v) is 10.2. The summed E-state index contributed by atoms with van der Waals surface area (Å²) in [5, 5.41) is 2.80. The average molecular weight is 423 g/mol. The molecule has 0 saturated carbocycles. The van der Waals surface area contributed by atoms with Crippen LogP contribution < -0.4 is 10.9 Å². The lowest BCUT2D eigenvalue weighted by Gasteiger charge is -2.07. The molecule has 0 atom stereocenters. The molecule has 0 radical (unpaired) electrons. The van der Waals surface area contributed by atoms with Gasteiger partial charge in [-0.15, -0.1) is 0 Å². The zero-order valence-corrected chi connectivity index (χ0v) is 17.7. The van der Waals surface area contributed by atoms with E-state index < -0.39 is 0 Å². The number of anilines is 1. The summed E-state index contributed by atoms with van der Waals surface area (Å²) < 4.78 is 5.25. The molecule has 3 aromatic carbocycles. The Labute approximate surface area is 184 Å². The van der Waals surface area contributed by atoms with Crippen molar-refractivity contribution in [3.05, 3.63) is 107 Å². The number of benzene rings is 3. The van der Waals surface area contributed by atoms with E-state index in [-0.39, 0.29) is 17.2 Å². The average Bonchev–Trinajstić information content (AvgIpc) is 3.35. The summed E-state index contributed by atoms with van der Waals surface area (Å²) in [7, 11) is 1.80. The lowest BCUT2D eigenvalue weighted by molar-refractivity contribution is 0.102. The third kappa shape index (κ3) is 3.20. The second-order valence-electron chi connectivity index (χ2n) is 7.54. The van der Waals surface area contributed by atoms with Crippen molar-refractivity contribution < 1.29 is 4.79 Å². The Bertz CT molecular complexity index is 1490. The van der Waals surface area contributed by atoms with Crippen molar-refractivity contribution in [2.24, 2.45) is 7.05 Å². The normalized spacial score (nSPS) is 11.1. The fourth-order valence-electron chi connectivity index (χ4n) is 3.84. The topological polar surface area (TPSA) is 73.8 Å². The summed E-state index contributed by atoms with van der Waals surface area (Å²) in [6, 6.07) is 24.4. The Morgan fingerprint density at radius 2 is 1.56 bits per heavy atom. The Kier molecular flexibility index (Phi) is 4.71. The van der Waals surface area contributed by atoms with Crippen molar-refractivity contribution in [2.75, 3.05) is 5.32 Å². The van der Waals surface area contributed by atoms with Gasteiger partial charge in [0.15, 0.2) is 0 Å². The number of fused-ring (bicyclic) bond motifs is 1. The molecule has 7 nitrogen and oxygen atoms in total. The largest absolute Gasteiger partial charge is 0.316 e. The summed E-state index contributed by atoms with van der Waals surface area (Å²) in [6.07, 6.45) is 1.76. The molecule has 1 N–H and O–H groups in total. The Morgan fingerprint density at radius 3 is 2.31 bits per heavy atom. The zero-order chi connectivity index (χ0) is 22.2. The van der Waals surface area contributed by atoms with E-state index in [9.17, 15) is 9.59 Å². The number of para-hydroxylation sites is 3. The predicted octanol–water partition coefficient (Wildman–Crippen LogP) is 4.08. The number of carbonyl (C=O) groups is 1. The van der Waals surface area contributed by atoms with Gasteiger partial charge in [-0.25, -0.2) is 9.67 Å². The van der Waals surface area contributed by atoms with Crippen molar-refractivity contribution in [1.82, 2.24) is 18.9 Å². The molecule has 0 aliphatic heterocycles. The molecule has 158 valence electrons. The first-order valence-electron chi connectivity index (χ1n) is 10.2. The summed E-state index contributed by atoms with van der Waals surface area (Å²) in [6.45, 7) is 1.81. The fourth-order valence-corrected chi connectivity index (χ4v) is 3.84. The molecule has 1 amide bonds. The zero-order valence-electron chi connectivity index (χ0n) is 17.7. The quantitative estimate of drug-likeness (QED) is 0.473. The highest BCUT2D eigenvalue weighted by Gasteiger charge is 2.19. The monoisotopic (exact) mass is 423 g/mol. The SMILES string of the molecule is Cc1c(NC(=O)c2ccc(-n3cnc4ccccc43)cc2)c(=O)n(-c2ccccc2)n1C. The number of hydrogen-bond donors (Lipinski definition) is 1. The smallest absolute Gasteiger partial charge is 0.295 e. The number of amides is 1. The number of imidazole rings is 1. The first kappa shape index (κ1) is 19.6. The molecule has 0 saturated heterocycles. The fraction of sp³-hybridized carbons (Fsp3) is 0.0800. The highest BCUT2D eigenvalue weighted by atomic mass is 16.2. The van der Waals surface area contributed by atoms with Crippen LogP contribution >= 0.6 is 0 Å². The van der Waals surface area contributed by atoms with E-state index in [1.807, 2.05) is 78.2 Å². The number of nitrogens with zero attached hydrogens (tertiary/aromatic N) is 4. The maximum atomic E-state index is 13.0. The Morgan fingerprint density at radius 1 is 0.875 bits per heavy atom. The molecule has 0 unspecified atom stereocenters. The minimum Gasteiger partial charge on any atom is -0.316 e. The first-order chi connectivity index (χ1) is 15.5. The van der Waals surface area contributed by atoms with Crippen LogP contribution in [0.2, 0.25) is 0 Å². The van der Waals surface area contributed by atoms with Crippen LogP contribution in [0.15, 0.2) is 90.0 Å². The minimum atomic E-state index is -0.335. The predicted molar refractivity (Wildman–Crippen MR) is 125 cm³/mol. The number of carbonyl (C=O) groups excluding carboxylic acids is 1. The van der Waals surface area contributed by atoms with E-state index in [1.54, 1.807) is 30.2 Å². The molecule has 0 spiro atoms. The number of rotatable bonds is 4. The summed E-state index contributed by atoms with van der Waals surface area (Å²) in [5.41, 5.74) is 4.67. The van der Waals surface area contributed by atoms with Crippen LogP contribution in [0.5, 0.6) is 0 Å². The van der Waals surface area contributed by atoms with Gasteiger partial charge in [-0.2, -0.15) is 0 Å². The van der Waals surface area contributed by atoms with E-state index in [0.29, 0.717) is 11.3 Å². The summed E-state index contributed by atoms with van der Waals surface area (Å²) >= 11 is 0. The van der Waals surface area contributed by atoms with Gasteiger partial charge in [-0.3, -0.25) is 18.8 Å². The van der Waals surface area contributed by atoms with Crippen molar-refractivity contribution >= 4 is 22.6 Å². The van der Waals surface area contributed by atoms with E-state index in [1.165, 1.54) is 4.68 Å². The molecular formula is C25H21N5O2. The number of nitrogens with one attached hydrogen (secondary N) is 1. The van der Waals surface area contributed by atoms with Gasteiger partial charge in [0.05, 0.1) is 22.4 Å². The second-order valence-corrected chi connectivity index (χ2v) is 7.54. The van der Waals surface area contributed by atoms with Crippen molar-refractivity contribution in [3.8, 4) is 11.4 Å². The van der Waals surface area contributed by atoms with Crippen molar-refractivity contribution in [2.45, 2.75) is 6.92 Å². The molecule has 0 aliphatic carbocycles. The highest BCUT2D eigenvalue weighted by Crippen LogP contribution is 2.19. The van der Waals surface area contributed by atoms with Gasteiger partial charge in [-0.05, 0) is 55.5 Å². The lowest BCUT2D eigenvalue weighted by Crippen LogP contribution is -2.22. The maximum Gasteiger partial charge on any atom is 0.295 e. The maximum absolute atomic E-state index is 13.0. The van der Waals surface area contributed by atoms with Gasteiger partial charge >= 0.3 is 0 Å². The molecule has 0 aliphatic rings. The molecule has 2 heterocycles. The van der Waals surface area contributed by atoms with Crippen LogP contribution in [-0.2, 0) is 7.05 Å². The van der Waals surface area contributed by atoms with E-state index in [2.05, 4.69) is 10.3 Å². The van der Waals surface area contributed by atoms with Crippen LogP contribution in [-0.4, -0.2) is 24.8 Å². The Balaban J connectivity index is 1.43. The molecule has 5 aromatic rings. The van der Waals surface area contributed by atoms with Crippen molar-refractivity contribution in [1.29, 1.82) is 0 Å². The molecule has 0 fully saturated rings. The van der Waals surface area contributed by atoms with E-state index in [0.717, 1.165) is 22.4 Å². The van der Waals surface area contributed by atoms with Crippen molar-refractivity contribution in [3.63, 3.8) is 0 Å². The minimum absolute atomic E-state index is 0.269. The molecule has 5 rings (SSSR count). The van der Waals surface area contributed by atoms with Gasteiger partial charge < -0.3 is 5.32 Å². The van der Waals surface area contributed by atoms with Gasteiger partial charge in [0.1, 0.15) is 12.0 Å². The molecule has 7 heteroatoms. The number of hydrogen-bond acceptors (Lipinski definition) is 3. The molecule has 32 heavy (non-hydrogen) atoms. The van der Waals surface area contributed by atoms with Crippen LogP contribution in [0.3, 0.4) is 0 Å². The molecule has 0 bridgehead atoms. The van der Waals surface area contributed by atoms with Crippen LogP contribution in [0.25, 0.3) is 22.4 Å². The van der Waals surface area contributed by atoms with E-state index in [4.69, 9.17) is 0 Å². The summed E-state index contributed by atoms with van der Waals surface area (Å²) in [5.74, 6) is -0.335. The Hall–Kier alpha value is -4.39. The van der Waals surface area contributed by atoms with Gasteiger partial charge in [0, 0.05) is 18.3 Å². The third-order valence-corrected chi connectivity index (χ3v) is 5.65.